The normalized spacial score (nSPS) is 11.5. The number of anilines is 1. The summed E-state index contributed by atoms with van der Waals surface area (Å²) in [7, 11) is 3.27. The molecule has 0 saturated heterocycles. The first kappa shape index (κ1) is 20.4. The number of ether oxygens (including phenoxy) is 2. The van der Waals surface area contributed by atoms with Crippen molar-refractivity contribution < 1.29 is 19.6 Å². The van der Waals surface area contributed by atoms with Crippen molar-refractivity contribution >= 4 is 11.6 Å². The van der Waals surface area contributed by atoms with Crippen LogP contribution in [0.1, 0.15) is 17.2 Å². The van der Waals surface area contributed by atoms with E-state index in [4.69, 9.17) is 9.47 Å². The number of nitrogens with one attached hydrogen (secondary N) is 1. The molecule has 0 aliphatic heterocycles. The molecule has 5 nitrogen and oxygen atoms in total. The van der Waals surface area contributed by atoms with Gasteiger partial charge in [-0.2, -0.15) is 0 Å². The Morgan fingerprint density at radius 1 is 0.897 bits per heavy atom. The number of hydrogen-bond donors (Lipinski definition) is 2. The van der Waals surface area contributed by atoms with Gasteiger partial charge in [0.15, 0.2) is 6.04 Å². The number of carbonyl (C=O) groups excluding carboxylic acids is 1. The molecule has 5 heteroatoms. The molecule has 3 N–H and O–H groups in total. The molecule has 0 heterocycles. The second kappa shape index (κ2) is 10.3. The number of quaternary nitrogens is 1. The molecule has 29 heavy (non-hydrogen) atoms. The van der Waals surface area contributed by atoms with Crippen LogP contribution in [0.4, 0.5) is 5.69 Å². The predicted molar refractivity (Wildman–Crippen MR) is 114 cm³/mol. The summed E-state index contributed by atoms with van der Waals surface area (Å²) < 4.78 is 10.4. The van der Waals surface area contributed by atoms with E-state index in [0.717, 1.165) is 30.0 Å². The van der Waals surface area contributed by atoms with Gasteiger partial charge in [-0.15, -0.1) is 0 Å². The average Bonchev–Trinajstić information content (AvgIpc) is 2.77. The highest BCUT2D eigenvalue weighted by Crippen LogP contribution is 2.18. The van der Waals surface area contributed by atoms with E-state index in [1.165, 1.54) is 5.56 Å². The molecule has 0 aromatic heterocycles. The van der Waals surface area contributed by atoms with E-state index in [1.807, 2.05) is 66.7 Å². The van der Waals surface area contributed by atoms with Crippen LogP contribution >= 0.6 is 0 Å². The third-order valence-corrected chi connectivity index (χ3v) is 4.77. The van der Waals surface area contributed by atoms with Gasteiger partial charge in [0.2, 0.25) is 0 Å². The van der Waals surface area contributed by atoms with E-state index < -0.39 is 0 Å². The summed E-state index contributed by atoms with van der Waals surface area (Å²) in [4.78, 5) is 13.0. The standard InChI is InChI=1S/C24H26N2O3/c1-28-21-13-11-18(12-14-21)15-16-25-23(19-7-4-3-5-8-19)24(27)26-20-9-6-10-22(17-20)29-2/h3-14,17,23,25H,15-16H2,1-2H3,(H,26,27)/p+1/t23-/m1/s1. The maximum Gasteiger partial charge on any atom is 0.287 e. The van der Waals surface area contributed by atoms with Gasteiger partial charge in [-0.25, -0.2) is 0 Å². The van der Waals surface area contributed by atoms with Crippen LogP contribution in [0.15, 0.2) is 78.9 Å². The predicted octanol–water partition coefficient (Wildman–Crippen LogP) is 3.19. The topological polar surface area (TPSA) is 64.2 Å². The molecule has 3 aromatic rings. The third-order valence-electron chi connectivity index (χ3n) is 4.77. The van der Waals surface area contributed by atoms with E-state index in [1.54, 1.807) is 14.2 Å². The van der Waals surface area contributed by atoms with Gasteiger partial charge in [-0.1, -0.05) is 48.5 Å². The molecular formula is C24H27N2O3+. The van der Waals surface area contributed by atoms with Crippen molar-refractivity contribution in [3.05, 3.63) is 90.0 Å². The minimum atomic E-state index is -0.333. The molecule has 0 radical (unpaired) electrons. The fourth-order valence-electron chi connectivity index (χ4n) is 3.18. The van der Waals surface area contributed by atoms with E-state index in [0.29, 0.717) is 5.75 Å². The molecule has 150 valence electrons. The SMILES string of the molecule is COc1ccc(CC[NH2+][C@@H](C(=O)Nc2cccc(OC)c2)c2ccccc2)cc1. The van der Waals surface area contributed by atoms with Gasteiger partial charge in [0, 0.05) is 23.7 Å². The first-order valence-electron chi connectivity index (χ1n) is 9.65. The Bertz CT molecular complexity index is 911. The first-order valence-corrected chi connectivity index (χ1v) is 9.65. The number of hydrogen-bond acceptors (Lipinski definition) is 3. The minimum absolute atomic E-state index is 0.0563. The summed E-state index contributed by atoms with van der Waals surface area (Å²) in [6.07, 6.45) is 0.861. The Balaban J connectivity index is 1.67. The summed E-state index contributed by atoms with van der Waals surface area (Å²) in [6, 6.07) is 24.9. The highest BCUT2D eigenvalue weighted by Gasteiger charge is 2.24. The van der Waals surface area contributed by atoms with Crippen LogP contribution < -0.4 is 20.1 Å². The highest BCUT2D eigenvalue weighted by molar-refractivity contribution is 5.94. The van der Waals surface area contributed by atoms with Crippen molar-refractivity contribution in [2.45, 2.75) is 12.5 Å². The molecule has 0 unspecified atom stereocenters. The number of methoxy groups -OCH3 is 2. The van der Waals surface area contributed by atoms with E-state index in [2.05, 4.69) is 22.8 Å². The number of benzene rings is 3. The second-order valence-electron chi connectivity index (χ2n) is 6.73. The molecule has 0 fully saturated rings. The number of rotatable bonds is 9. The molecular weight excluding hydrogens is 364 g/mol. The first-order chi connectivity index (χ1) is 14.2. The number of nitrogens with two attached hydrogens (primary N) is 1. The molecule has 0 saturated carbocycles. The number of carbonyl (C=O) groups is 1. The summed E-state index contributed by atoms with van der Waals surface area (Å²) in [6.45, 7) is 0.789. The van der Waals surface area contributed by atoms with E-state index in [9.17, 15) is 4.79 Å². The lowest BCUT2D eigenvalue weighted by Crippen LogP contribution is -2.87. The molecule has 0 aliphatic rings. The zero-order valence-corrected chi connectivity index (χ0v) is 16.8. The monoisotopic (exact) mass is 391 g/mol. The molecule has 3 rings (SSSR count). The van der Waals surface area contributed by atoms with Crippen LogP contribution in [-0.4, -0.2) is 26.7 Å². The molecule has 3 aromatic carbocycles. The summed E-state index contributed by atoms with van der Waals surface area (Å²) in [5.41, 5.74) is 2.91. The van der Waals surface area contributed by atoms with Crippen LogP contribution in [0.25, 0.3) is 0 Å². The lowest BCUT2D eigenvalue weighted by atomic mass is 10.1. The summed E-state index contributed by atoms with van der Waals surface area (Å²) in [5, 5.41) is 5.09. The molecule has 1 atom stereocenters. The van der Waals surface area contributed by atoms with Crippen molar-refractivity contribution in [1.29, 1.82) is 0 Å². The van der Waals surface area contributed by atoms with Gasteiger partial charge >= 0.3 is 0 Å². The average molecular weight is 391 g/mol. The zero-order valence-electron chi connectivity index (χ0n) is 16.8. The molecule has 1 amide bonds. The van der Waals surface area contributed by atoms with Crippen molar-refractivity contribution in [1.82, 2.24) is 0 Å². The Morgan fingerprint density at radius 2 is 1.62 bits per heavy atom. The fraction of sp³-hybridized carbons (Fsp3) is 0.208. The molecule has 0 bridgehead atoms. The Morgan fingerprint density at radius 3 is 2.31 bits per heavy atom. The van der Waals surface area contributed by atoms with Crippen molar-refractivity contribution in [2.75, 3.05) is 26.1 Å². The van der Waals surface area contributed by atoms with Crippen LogP contribution in [0.5, 0.6) is 11.5 Å². The maximum atomic E-state index is 13.0. The third kappa shape index (κ3) is 5.83. The van der Waals surface area contributed by atoms with Crippen LogP contribution in [0.2, 0.25) is 0 Å². The second-order valence-corrected chi connectivity index (χ2v) is 6.73. The van der Waals surface area contributed by atoms with Gasteiger partial charge in [-0.3, -0.25) is 4.79 Å². The number of amides is 1. The molecule has 0 spiro atoms. The fourth-order valence-corrected chi connectivity index (χ4v) is 3.18. The summed E-state index contributed by atoms with van der Waals surface area (Å²) >= 11 is 0. The molecule has 0 aliphatic carbocycles. The largest absolute Gasteiger partial charge is 0.497 e. The van der Waals surface area contributed by atoms with Crippen LogP contribution in [0, 0.1) is 0 Å². The van der Waals surface area contributed by atoms with Crippen LogP contribution in [0.3, 0.4) is 0 Å². The maximum absolute atomic E-state index is 13.0. The van der Waals surface area contributed by atoms with Crippen molar-refractivity contribution in [3.63, 3.8) is 0 Å². The van der Waals surface area contributed by atoms with Crippen molar-refractivity contribution in [3.8, 4) is 11.5 Å². The van der Waals surface area contributed by atoms with Gasteiger partial charge in [-0.05, 0) is 29.8 Å². The van der Waals surface area contributed by atoms with E-state index in [-0.39, 0.29) is 11.9 Å². The van der Waals surface area contributed by atoms with Crippen LogP contribution in [-0.2, 0) is 11.2 Å². The lowest BCUT2D eigenvalue weighted by Gasteiger charge is -2.16. The van der Waals surface area contributed by atoms with Crippen molar-refractivity contribution in [2.24, 2.45) is 0 Å². The van der Waals surface area contributed by atoms with E-state index >= 15 is 0 Å². The summed E-state index contributed by atoms with van der Waals surface area (Å²) in [5.74, 6) is 1.50. The Hall–Kier alpha value is -3.31. The van der Waals surface area contributed by atoms with Gasteiger partial charge in [0.25, 0.3) is 5.91 Å². The smallest absolute Gasteiger partial charge is 0.287 e. The van der Waals surface area contributed by atoms with Gasteiger partial charge < -0.3 is 20.1 Å². The van der Waals surface area contributed by atoms with Gasteiger partial charge in [0.1, 0.15) is 11.5 Å². The highest BCUT2D eigenvalue weighted by atomic mass is 16.5. The zero-order chi connectivity index (χ0) is 20.5. The quantitative estimate of drug-likeness (QED) is 0.589. The Labute approximate surface area is 171 Å². The Kier molecular flexibility index (Phi) is 7.25. The van der Waals surface area contributed by atoms with Gasteiger partial charge in [0.05, 0.1) is 20.8 Å². The minimum Gasteiger partial charge on any atom is -0.497 e. The lowest BCUT2D eigenvalue weighted by molar-refractivity contribution is -0.682.